The topological polar surface area (TPSA) is 35.5 Å². The molecule has 5 heteroatoms. The Kier molecular flexibility index (Phi) is 10.0. The van der Waals surface area contributed by atoms with Gasteiger partial charge in [-0.25, -0.2) is 0 Å². The molecule has 0 saturated heterocycles. The van der Waals surface area contributed by atoms with Crippen molar-refractivity contribution in [2.45, 2.75) is 65.5 Å². The fourth-order valence-electron chi connectivity index (χ4n) is 3.59. The van der Waals surface area contributed by atoms with Crippen molar-refractivity contribution < 1.29 is 13.4 Å². The second-order valence-electron chi connectivity index (χ2n) is 7.94. The van der Waals surface area contributed by atoms with Gasteiger partial charge >= 0.3 is 161 Å². The van der Waals surface area contributed by atoms with Crippen LogP contribution in [0.3, 0.4) is 0 Å². The summed E-state index contributed by atoms with van der Waals surface area (Å²) in [6.07, 6.45) is 10.4. The maximum atomic E-state index is 13.6. The van der Waals surface area contributed by atoms with Crippen LogP contribution in [-0.4, -0.2) is 32.3 Å². The predicted molar refractivity (Wildman–Crippen MR) is 118 cm³/mol. The molecule has 26 heavy (non-hydrogen) atoms. The van der Waals surface area contributed by atoms with E-state index in [1.54, 1.807) is 7.11 Å². The second kappa shape index (κ2) is 11.0. The van der Waals surface area contributed by atoms with Gasteiger partial charge in [-0.05, 0) is 0 Å². The summed E-state index contributed by atoms with van der Waals surface area (Å²) in [6.45, 7) is 6.45. The van der Waals surface area contributed by atoms with Crippen molar-refractivity contribution in [3.05, 3.63) is 35.9 Å². The van der Waals surface area contributed by atoms with Crippen LogP contribution in [0.5, 0.6) is 0 Å². The molecule has 0 fully saturated rings. The standard InChI is InChI=1S/C21H40O3P2/c1-6-9-17-26(5,18-10-7-2,19-11-8-3)24-25(22,23-4)20-21-15-13-12-14-16-21/h12-16H,6-11,17-20H2,1-5H3. The number of benzene rings is 1. The minimum atomic E-state index is -3.17. The van der Waals surface area contributed by atoms with E-state index < -0.39 is 14.4 Å². The summed E-state index contributed by atoms with van der Waals surface area (Å²) in [4.78, 5) is 0. The maximum absolute atomic E-state index is 13.6. The fourth-order valence-corrected chi connectivity index (χ4v) is 13.3. The van der Waals surface area contributed by atoms with Crippen LogP contribution in [0.25, 0.3) is 0 Å². The van der Waals surface area contributed by atoms with Gasteiger partial charge in [-0.3, -0.25) is 0 Å². The Morgan fingerprint density at radius 2 is 1.35 bits per heavy atom. The van der Waals surface area contributed by atoms with Gasteiger partial charge in [0, 0.05) is 0 Å². The van der Waals surface area contributed by atoms with Crippen LogP contribution >= 0.6 is 14.4 Å². The zero-order valence-electron chi connectivity index (χ0n) is 17.6. The molecule has 0 saturated carbocycles. The van der Waals surface area contributed by atoms with Crippen LogP contribution in [0.15, 0.2) is 30.3 Å². The van der Waals surface area contributed by atoms with E-state index in [0.29, 0.717) is 6.16 Å². The van der Waals surface area contributed by atoms with Crippen molar-refractivity contribution in [2.24, 2.45) is 0 Å². The number of hydrogen-bond donors (Lipinski definition) is 0. The summed E-state index contributed by atoms with van der Waals surface area (Å²) in [5, 5.41) is 0. The van der Waals surface area contributed by atoms with Crippen molar-refractivity contribution >= 4 is 14.4 Å². The Morgan fingerprint density at radius 1 is 0.885 bits per heavy atom. The molecule has 152 valence electrons. The Balaban J connectivity index is 3.17. The molecule has 0 amide bonds. The number of rotatable bonds is 14. The van der Waals surface area contributed by atoms with Gasteiger partial charge in [-0.2, -0.15) is 0 Å². The van der Waals surface area contributed by atoms with Gasteiger partial charge in [-0.1, -0.05) is 0 Å². The van der Waals surface area contributed by atoms with Gasteiger partial charge in [0.05, 0.1) is 0 Å². The number of hydrogen-bond acceptors (Lipinski definition) is 3. The number of unbranched alkanes of at least 4 members (excludes halogenated alkanes) is 3. The Labute approximate surface area is 161 Å². The summed E-state index contributed by atoms with van der Waals surface area (Å²) in [6, 6.07) is 9.94. The average Bonchev–Trinajstić information content (AvgIpc) is 2.64. The van der Waals surface area contributed by atoms with Gasteiger partial charge in [-0.15, -0.1) is 0 Å². The third kappa shape index (κ3) is 7.43. The summed E-state index contributed by atoms with van der Waals surface area (Å²) in [7, 11) is -1.63. The van der Waals surface area contributed by atoms with E-state index in [9.17, 15) is 4.57 Å². The summed E-state index contributed by atoms with van der Waals surface area (Å²) >= 11 is 0. The Bertz CT molecular complexity index is 535. The molecule has 0 bridgehead atoms. The van der Waals surface area contributed by atoms with E-state index in [2.05, 4.69) is 27.4 Å². The first-order valence-corrected chi connectivity index (χ1v) is 15.1. The molecule has 1 aromatic carbocycles. The molecule has 0 aliphatic carbocycles. The molecular weight excluding hydrogens is 362 g/mol. The van der Waals surface area contributed by atoms with Gasteiger partial charge < -0.3 is 0 Å². The zero-order valence-corrected chi connectivity index (χ0v) is 19.4. The molecule has 0 aromatic heterocycles. The molecule has 3 nitrogen and oxygen atoms in total. The first-order valence-electron chi connectivity index (χ1n) is 10.2. The van der Waals surface area contributed by atoms with E-state index in [0.717, 1.165) is 62.6 Å². The van der Waals surface area contributed by atoms with Crippen molar-refractivity contribution in [2.75, 3.05) is 32.3 Å². The van der Waals surface area contributed by atoms with E-state index >= 15 is 0 Å². The Morgan fingerprint density at radius 3 is 1.73 bits per heavy atom. The molecule has 0 heterocycles. The average molecular weight is 402 g/mol. The normalized spacial score (nSPS) is 16.0. The van der Waals surface area contributed by atoms with Crippen LogP contribution in [0.1, 0.15) is 64.9 Å². The van der Waals surface area contributed by atoms with Crippen LogP contribution in [0, 0.1) is 0 Å². The zero-order chi connectivity index (χ0) is 19.5. The van der Waals surface area contributed by atoms with Crippen LogP contribution in [0.4, 0.5) is 0 Å². The molecule has 0 N–H and O–H groups in total. The molecule has 0 spiro atoms. The van der Waals surface area contributed by atoms with Crippen molar-refractivity contribution in [1.29, 1.82) is 0 Å². The molecular formula is C21H40O3P2. The van der Waals surface area contributed by atoms with Gasteiger partial charge in [0.2, 0.25) is 0 Å². The van der Waals surface area contributed by atoms with Crippen molar-refractivity contribution in [1.82, 2.24) is 0 Å². The third-order valence-electron chi connectivity index (χ3n) is 5.30. The molecule has 0 aliphatic heterocycles. The van der Waals surface area contributed by atoms with E-state index in [1.165, 1.54) is 0 Å². The summed E-state index contributed by atoms with van der Waals surface area (Å²) < 4.78 is 26.0. The minimum absolute atomic E-state index is 0.362. The van der Waals surface area contributed by atoms with Crippen LogP contribution < -0.4 is 0 Å². The predicted octanol–water partition coefficient (Wildman–Crippen LogP) is 7.54. The molecule has 1 rings (SSSR count). The molecule has 0 aliphatic rings. The summed E-state index contributed by atoms with van der Waals surface area (Å²) in [5.41, 5.74) is 1.02. The van der Waals surface area contributed by atoms with E-state index in [4.69, 9.17) is 8.83 Å². The molecule has 1 unspecified atom stereocenters. The Hall–Kier alpha value is -0.200. The third-order valence-corrected chi connectivity index (χ3v) is 14.4. The molecule has 0 radical (unpaired) electrons. The van der Waals surface area contributed by atoms with Crippen LogP contribution in [-0.2, 0) is 19.6 Å². The van der Waals surface area contributed by atoms with Crippen molar-refractivity contribution in [3.63, 3.8) is 0 Å². The van der Waals surface area contributed by atoms with Crippen LogP contribution in [0.2, 0.25) is 0 Å². The quantitative estimate of drug-likeness (QED) is 0.302. The summed E-state index contributed by atoms with van der Waals surface area (Å²) in [5.74, 6) is 0. The molecule has 1 atom stereocenters. The fraction of sp³-hybridized carbons (Fsp3) is 0.714. The van der Waals surface area contributed by atoms with Gasteiger partial charge in [0.1, 0.15) is 0 Å². The SMILES string of the molecule is CCCCP(C)(CCCC)(CCCC)OP(=O)(Cc1ccccc1)OC. The molecule has 1 aromatic rings. The van der Waals surface area contributed by atoms with Gasteiger partial charge in [0.15, 0.2) is 0 Å². The van der Waals surface area contributed by atoms with Crippen molar-refractivity contribution in [3.8, 4) is 0 Å². The monoisotopic (exact) mass is 402 g/mol. The van der Waals surface area contributed by atoms with E-state index in [1.807, 2.05) is 30.3 Å². The first-order chi connectivity index (χ1) is 12.3. The second-order valence-corrected chi connectivity index (χ2v) is 16.2. The first kappa shape index (κ1) is 23.8. The van der Waals surface area contributed by atoms with Gasteiger partial charge in [0.25, 0.3) is 0 Å². The van der Waals surface area contributed by atoms with E-state index in [-0.39, 0.29) is 0 Å².